The van der Waals surface area contributed by atoms with Crippen molar-refractivity contribution in [3.8, 4) is 5.75 Å². The molecule has 9 heteroatoms. The van der Waals surface area contributed by atoms with Crippen LogP contribution in [0.3, 0.4) is 0 Å². The predicted octanol–water partition coefficient (Wildman–Crippen LogP) is 2.54. The van der Waals surface area contributed by atoms with Gasteiger partial charge in [0, 0.05) is 17.7 Å². The Hall–Kier alpha value is -3.98. The summed E-state index contributed by atoms with van der Waals surface area (Å²) in [5.41, 5.74) is 2.80. The van der Waals surface area contributed by atoms with E-state index in [1.807, 2.05) is 49.4 Å². The van der Waals surface area contributed by atoms with Gasteiger partial charge in [-0.2, -0.15) is 0 Å². The maximum Gasteiger partial charge on any atom is 0.338 e. The largest absolute Gasteiger partial charge is 0.496 e. The van der Waals surface area contributed by atoms with Gasteiger partial charge in [-0.05, 0) is 32.9 Å². The smallest absolute Gasteiger partial charge is 0.338 e. The number of allylic oxidation sites excluding steroid dienone is 1. The van der Waals surface area contributed by atoms with Gasteiger partial charge in [0.1, 0.15) is 16.3 Å². The molecule has 36 heavy (non-hydrogen) atoms. The van der Waals surface area contributed by atoms with Crippen molar-refractivity contribution in [2.75, 3.05) is 25.2 Å². The van der Waals surface area contributed by atoms with Crippen LogP contribution in [-0.2, 0) is 14.3 Å². The first-order chi connectivity index (χ1) is 17.4. The van der Waals surface area contributed by atoms with E-state index in [1.54, 1.807) is 31.9 Å². The second-order valence-corrected chi connectivity index (χ2v) is 9.28. The van der Waals surface area contributed by atoms with Crippen LogP contribution in [0.1, 0.15) is 37.9 Å². The first kappa shape index (κ1) is 23.7. The zero-order valence-electron chi connectivity index (χ0n) is 20.4. The third-order valence-electron chi connectivity index (χ3n) is 6.39. The highest BCUT2D eigenvalue weighted by atomic mass is 32.1. The van der Waals surface area contributed by atoms with Gasteiger partial charge in [-0.1, -0.05) is 47.7 Å². The fourth-order valence-electron chi connectivity index (χ4n) is 4.84. The molecular weight excluding hydrogens is 478 g/mol. The second kappa shape index (κ2) is 9.23. The van der Waals surface area contributed by atoms with Crippen molar-refractivity contribution in [2.24, 2.45) is 4.99 Å². The van der Waals surface area contributed by atoms with E-state index in [4.69, 9.17) is 9.47 Å². The number of fused-ring (bicyclic) bond motifs is 2. The molecule has 184 valence electrons. The molecule has 8 nitrogen and oxygen atoms in total. The Morgan fingerprint density at radius 3 is 2.53 bits per heavy atom. The summed E-state index contributed by atoms with van der Waals surface area (Å²) in [4.78, 5) is 47.3. The predicted molar refractivity (Wildman–Crippen MR) is 137 cm³/mol. The van der Waals surface area contributed by atoms with E-state index in [1.165, 1.54) is 4.57 Å². The van der Waals surface area contributed by atoms with Crippen LogP contribution in [0.25, 0.3) is 5.57 Å². The number of methoxy groups -OCH3 is 1. The summed E-state index contributed by atoms with van der Waals surface area (Å²) in [5.74, 6) is -0.247. The van der Waals surface area contributed by atoms with Gasteiger partial charge < -0.3 is 14.4 Å². The molecular formula is C27H25N3O5S. The van der Waals surface area contributed by atoms with E-state index in [-0.39, 0.29) is 23.6 Å². The summed E-state index contributed by atoms with van der Waals surface area (Å²) in [6, 6.07) is 13.9. The molecule has 1 aromatic heterocycles. The Morgan fingerprint density at radius 1 is 1.08 bits per heavy atom. The minimum absolute atomic E-state index is 0.182. The fraction of sp³-hybridized carbons (Fsp3) is 0.259. The van der Waals surface area contributed by atoms with Crippen LogP contribution in [0.5, 0.6) is 5.75 Å². The van der Waals surface area contributed by atoms with Crippen LogP contribution >= 0.6 is 11.3 Å². The van der Waals surface area contributed by atoms with Gasteiger partial charge >= 0.3 is 5.97 Å². The summed E-state index contributed by atoms with van der Waals surface area (Å²) in [6.07, 6.45) is 0. The van der Waals surface area contributed by atoms with Crippen molar-refractivity contribution in [1.82, 2.24) is 4.57 Å². The van der Waals surface area contributed by atoms with E-state index >= 15 is 0 Å². The standard InChI is InChI=1S/C27H25N3O5S/c1-5-29-18-13-9-7-11-16(18)21(24(29)31)23-25(32)30-22(17-12-8-10-14-19(17)34-4)20(26(33)35-6-2)15(3)28-27(30)36-23/h7-14,22H,5-6H2,1-4H3/b23-21+. The number of para-hydroxylation sites is 2. The van der Waals surface area contributed by atoms with Crippen LogP contribution in [0, 0.1) is 0 Å². The number of benzene rings is 2. The summed E-state index contributed by atoms with van der Waals surface area (Å²) >= 11 is 1.15. The molecule has 2 aliphatic heterocycles. The molecule has 0 aliphatic carbocycles. The number of esters is 1. The van der Waals surface area contributed by atoms with Gasteiger partial charge in [-0.25, -0.2) is 9.79 Å². The Labute approximate surface area is 211 Å². The van der Waals surface area contributed by atoms with Gasteiger partial charge in [-0.15, -0.1) is 0 Å². The molecule has 1 unspecified atom stereocenters. The lowest BCUT2D eigenvalue weighted by Crippen LogP contribution is -2.41. The second-order valence-electron chi connectivity index (χ2n) is 8.31. The molecule has 0 N–H and O–H groups in total. The Kier molecular flexibility index (Phi) is 6.09. The van der Waals surface area contributed by atoms with E-state index < -0.39 is 12.0 Å². The number of hydrogen-bond acceptors (Lipinski definition) is 7. The number of carbonyl (C=O) groups excluding carboxylic acids is 2. The van der Waals surface area contributed by atoms with Gasteiger partial charge in [0.25, 0.3) is 11.5 Å². The fourth-order valence-corrected chi connectivity index (χ4v) is 5.98. The molecule has 0 radical (unpaired) electrons. The molecule has 0 fully saturated rings. The lowest BCUT2D eigenvalue weighted by molar-refractivity contribution is -0.139. The topological polar surface area (TPSA) is 90.2 Å². The number of nitrogens with zero attached hydrogens (tertiary/aromatic N) is 3. The summed E-state index contributed by atoms with van der Waals surface area (Å²) in [6.45, 7) is 6.01. The van der Waals surface area contributed by atoms with Crippen LogP contribution in [-0.4, -0.2) is 36.7 Å². The lowest BCUT2D eigenvalue weighted by atomic mass is 9.95. The van der Waals surface area contributed by atoms with E-state index in [2.05, 4.69) is 4.99 Å². The normalized spacial score (nSPS) is 18.1. The van der Waals surface area contributed by atoms with Gasteiger partial charge in [0.05, 0.1) is 36.2 Å². The van der Waals surface area contributed by atoms with Crippen LogP contribution in [0.2, 0.25) is 0 Å². The molecule has 0 bridgehead atoms. The van der Waals surface area contributed by atoms with Gasteiger partial charge in [-0.3, -0.25) is 14.2 Å². The SMILES string of the molecule is CCOC(=O)C1=C(C)N=c2s/c(=C3/C(=O)N(CC)c4ccccc43)c(=O)n2C1c1ccccc1OC. The van der Waals surface area contributed by atoms with Gasteiger partial charge in [0.2, 0.25) is 0 Å². The number of likely N-dealkylation sites (N-methyl/N-ethyl adjacent to an activating group) is 1. The first-order valence-electron chi connectivity index (χ1n) is 11.7. The molecule has 2 aromatic carbocycles. The summed E-state index contributed by atoms with van der Waals surface area (Å²) < 4.78 is 12.7. The molecule has 2 aliphatic rings. The quantitative estimate of drug-likeness (QED) is 0.499. The van der Waals surface area contributed by atoms with Crippen molar-refractivity contribution in [3.63, 3.8) is 0 Å². The van der Waals surface area contributed by atoms with E-state index in [0.29, 0.717) is 44.0 Å². The molecule has 0 spiro atoms. The van der Waals surface area contributed by atoms with Crippen LogP contribution in [0.15, 0.2) is 69.6 Å². The highest BCUT2D eigenvalue weighted by Crippen LogP contribution is 2.37. The molecule has 1 atom stereocenters. The number of hydrogen-bond donors (Lipinski definition) is 0. The number of anilines is 1. The zero-order chi connectivity index (χ0) is 25.6. The van der Waals surface area contributed by atoms with Crippen LogP contribution < -0.4 is 24.5 Å². The molecule has 3 aromatic rings. The highest BCUT2D eigenvalue weighted by molar-refractivity contribution is 7.07. The molecule has 5 rings (SSSR count). The number of aromatic nitrogens is 1. The van der Waals surface area contributed by atoms with E-state index in [0.717, 1.165) is 17.0 Å². The first-order valence-corrected chi connectivity index (χ1v) is 12.5. The highest BCUT2D eigenvalue weighted by Gasteiger charge is 2.37. The van der Waals surface area contributed by atoms with Crippen LogP contribution in [0.4, 0.5) is 5.69 Å². The third kappa shape index (κ3) is 3.50. The number of amides is 1. The Bertz CT molecular complexity index is 1610. The zero-order valence-corrected chi connectivity index (χ0v) is 21.2. The minimum Gasteiger partial charge on any atom is -0.496 e. The van der Waals surface area contributed by atoms with Crippen molar-refractivity contribution in [2.45, 2.75) is 26.8 Å². The van der Waals surface area contributed by atoms with E-state index in [9.17, 15) is 14.4 Å². The Balaban J connectivity index is 1.85. The number of ether oxygens (including phenoxy) is 2. The summed E-state index contributed by atoms with van der Waals surface area (Å²) in [7, 11) is 1.54. The molecule has 0 saturated heterocycles. The maximum absolute atomic E-state index is 14.1. The molecule has 0 saturated carbocycles. The third-order valence-corrected chi connectivity index (χ3v) is 7.45. The monoisotopic (exact) mass is 503 g/mol. The molecule has 1 amide bonds. The van der Waals surface area contributed by atoms with Crippen molar-refractivity contribution >= 4 is 34.5 Å². The minimum atomic E-state index is -0.820. The van der Waals surface area contributed by atoms with Crippen molar-refractivity contribution in [1.29, 1.82) is 0 Å². The lowest BCUT2D eigenvalue weighted by Gasteiger charge is -2.25. The Morgan fingerprint density at radius 2 is 1.81 bits per heavy atom. The van der Waals surface area contributed by atoms with Crippen molar-refractivity contribution in [3.05, 3.63) is 90.6 Å². The number of carbonyl (C=O) groups is 2. The summed E-state index contributed by atoms with van der Waals surface area (Å²) in [5, 5.41) is 0. The number of rotatable bonds is 5. The molecule has 3 heterocycles. The maximum atomic E-state index is 14.1. The number of thiazole rings is 1. The van der Waals surface area contributed by atoms with Gasteiger partial charge in [0.15, 0.2) is 4.80 Å². The average molecular weight is 504 g/mol. The van der Waals surface area contributed by atoms with Crippen molar-refractivity contribution < 1.29 is 19.1 Å². The average Bonchev–Trinajstić information content (AvgIpc) is 3.35.